The number of aliphatic carboxylic acids is 1. The highest BCUT2D eigenvalue weighted by Gasteiger charge is 2.35. The highest BCUT2D eigenvalue weighted by atomic mass is 16.5. The monoisotopic (exact) mass is 363 g/mol. The molecule has 1 aliphatic rings. The van der Waals surface area contributed by atoms with E-state index < -0.39 is 17.9 Å². The first kappa shape index (κ1) is 20.2. The smallest absolute Gasteiger partial charge is 0.308 e. The number of carbonyl (C=O) groups excluding carboxylic acids is 1. The molecule has 7 heteroatoms. The van der Waals surface area contributed by atoms with Crippen molar-refractivity contribution in [1.82, 2.24) is 10.6 Å². The minimum absolute atomic E-state index is 0.161. The fourth-order valence-corrected chi connectivity index (χ4v) is 3.44. The zero-order valence-corrected chi connectivity index (χ0v) is 15.2. The Morgan fingerprint density at radius 3 is 2.81 bits per heavy atom. The van der Waals surface area contributed by atoms with Crippen LogP contribution in [0.5, 0.6) is 5.75 Å². The van der Waals surface area contributed by atoms with E-state index in [9.17, 15) is 14.7 Å². The first-order valence-electron chi connectivity index (χ1n) is 9.15. The summed E-state index contributed by atoms with van der Waals surface area (Å²) in [7, 11) is 1.61. The number of ether oxygens (including phenoxy) is 1. The summed E-state index contributed by atoms with van der Waals surface area (Å²) in [6.07, 6.45) is 3.46. The number of nitrogens with two attached hydrogens (primary N) is 1. The van der Waals surface area contributed by atoms with Crippen LogP contribution in [-0.4, -0.2) is 42.7 Å². The molecule has 26 heavy (non-hydrogen) atoms. The standard InChI is InChI=1S/C19H29N3O4/c1-26-17-10-3-2-6-13(17)12-21-16(9-5-11-20)18(23)22-15-8-4-7-14(15)19(24)25/h2-3,6,10,14-16,21H,4-5,7-9,11-12,20H2,1H3,(H,22,23)(H,24,25)/t14-,15+,16+/m1/s1. The number of amides is 1. The van der Waals surface area contributed by atoms with Crippen LogP contribution in [-0.2, 0) is 16.1 Å². The van der Waals surface area contributed by atoms with E-state index in [0.29, 0.717) is 38.8 Å². The number of rotatable bonds is 10. The van der Waals surface area contributed by atoms with E-state index in [1.54, 1.807) is 7.11 Å². The van der Waals surface area contributed by atoms with Gasteiger partial charge in [-0.2, -0.15) is 0 Å². The lowest BCUT2D eigenvalue weighted by Crippen LogP contribution is -2.49. The number of hydrogen-bond donors (Lipinski definition) is 4. The lowest BCUT2D eigenvalue weighted by atomic mass is 10.0. The molecule has 1 saturated carbocycles. The van der Waals surface area contributed by atoms with E-state index in [1.807, 2.05) is 24.3 Å². The molecule has 0 aliphatic heterocycles. The van der Waals surface area contributed by atoms with Gasteiger partial charge < -0.3 is 26.2 Å². The SMILES string of the molecule is COc1ccccc1CN[C@@H](CCCN)C(=O)N[C@H]1CCC[C@H]1C(=O)O. The van der Waals surface area contributed by atoms with Gasteiger partial charge >= 0.3 is 5.97 Å². The van der Waals surface area contributed by atoms with Gasteiger partial charge in [0.1, 0.15) is 5.75 Å². The summed E-state index contributed by atoms with van der Waals surface area (Å²) in [6.45, 7) is 0.987. The molecular weight excluding hydrogens is 334 g/mol. The Kier molecular flexibility index (Phi) is 7.87. The van der Waals surface area contributed by atoms with Gasteiger partial charge in [0, 0.05) is 18.2 Å². The quantitative estimate of drug-likeness (QED) is 0.498. The molecule has 2 rings (SSSR count). The molecule has 1 amide bonds. The zero-order chi connectivity index (χ0) is 18.9. The molecule has 1 fully saturated rings. The van der Waals surface area contributed by atoms with Crippen molar-refractivity contribution in [3.05, 3.63) is 29.8 Å². The second kappa shape index (κ2) is 10.1. The number of methoxy groups -OCH3 is 1. The van der Waals surface area contributed by atoms with Gasteiger partial charge in [-0.15, -0.1) is 0 Å². The van der Waals surface area contributed by atoms with Crippen molar-refractivity contribution >= 4 is 11.9 Å². The number of carboxylic acids is 1. The number of benzene rings is 1. The summed E-state index contributed by atoms with van der Waals surface area (Å²) >= 11 is 0. The molecule has 0 aromatic heterocycles. The number of hydrogen-bond acceptors (Lipinski definition) is 5. The van der Waals surface area contributed by atoms with Crippen LogP contribution in [0.2, 0.25) is 0 Å². The maximum Gasteiger partial charge on any atom is 0.308 e. The third kappa shape index (κ3) is 5.44. The van der Waals surface area contributed by atoms with Crippen LogP contribution < -0.4 is 21.1 Å². The highest BCUT2D eigenvalue weighted by molar-refractivity contribution is 5.83. The Labute approximate surface area is 154 Å². The summed E-state index contributed by atoms with van der Waals surface area (Å²) in [5.41, 5.74) is 6.56. The molecule has 5 N–H and O–H groups in total. The lowest BCUT2D eigenvalue weighted by molar-refractivity contribution is -0.142. The molecule has 1 aromatic rings. The Morgan fingerprint density at radius 1 is 1.35 bits per heavy atom. The van der Waals surface area contributed by atoms with Crippen molar-refractivity contribution in [2.45, 2.75) is 50.7 Å². The second-order valence-corrected chi connectivity index (χ2v) is 6.67. The molecule has 1 aromatic carbocycles. The van der Waals surface area contributed by atoms with Crippen LogP contribution in [0.15, 0.2) is 24.3 Å². The molecule has 0 bridgehead atoms. The van der Waals surface area contributed by atoms with Crippen molar-refractivity contribution < 1.29 is 19.4 Å². The molecule has 7 nitrogen and oxygen atoms in total. The van der Waals surface area contributed by atoms with E-state index in [4.69, 9.17) is 10.5 Å². The van der Waals surface area contributed by atoms with E-state index in [2.05, 4.69) is 10.6 Å². The van der Waals surface area contributed by atoms with E-state index in [-0.39, 0.29) is 11.9 Å². The molecule has 0 radical (unpaired) electrons. The maximum absolute atomic E-state index is 12.7. The van der Waals surface area contributed by atoms with Crippen LogP contribution in [0, 0.1) is 5.92 Å². The summed E-state index contributed by atoms with van der Waals surface area (Å²) in [5.74, 6) is -0.733. The van der Waals surface area contributed by atoms with Gasteiger partial charge in [0.05, 0.1) is 19.1 Å². The minimum Gasteiger partial charge on any atom is -0.496 e. The van der Waals surface area contributed by atoms with Crippen LogP contribution in [0.4, 0.5) is 0 Å². The normalized spacial score (nSPS) is 20.5. The van der Waals surface area contributed by atoms with Crippen molar-refractivity contribution in [2.75, 3.05) is 13.7 Å². The van der Waals surface area contributed by atoms with Crippen molar-refractivity contribution in [2.24, 2.45) is 11.7 Å². The third-order valence-electron chi connectivity index (χ3n) is 4.91. The molecule has 3 atom stereocenters. The summed E-state index contributed by atoms with van der Waals surface area (Å²) < 4.78 is 5.34. The van der Waals surface area contributed by atoms with Gasteiger partial charge in [0.25, 0.3) is 0 Å². The minimum atomic E-state index is -0.840. The Balaban J connectivity index is 1.99. The fourth-order valence-electron chi connectivity index (χ4n) is 3.44. The number of carboxylic acid groups (broad SMARTS) is 1. The Hall–Kier alpha value is -2.12. The molecule has 0 saturated heterocycles. The van der Waals surface area contributed by atoms with Gasteiger partial charge in [-0.1, -0.05) is 24.6 Å². The largest absolute Gasteiger partial charge is 0.496 e. The molecule has 1 aliphatic carbocycles. The van der Waals surface area contributed by atoms with Crippen LogP contribution in [0.25, 0.3) is 0 Å². The number of carbonyl (C=O) groups is 2. The Bertz CT molecular complexity index is 608. The summed E-state index contributed by atoms with van der Waals surface area (Å²) in [4.78, 5) is 24.0. The summed E-state index contributed by atoms with van der Waals surface area (Å²) in [6, 6.07) is 6.92. The first-order valence-corrected chi connectivity index (χ1v) is 9.15. The van der Waals surface area contributed by atoms with Gasteiger partial charge in [-0.05, 0) is 38.3 Å². The summed E-state index contributed by atoms with van der Waals surface area (Å²) in [5, 5.41) is 15.5. The van der Waals surface area contributed by atoms with Gasteiger partial charge in [0.2, 0.25) is 5.91 Å². The zero-order valence-electron chi connectivity index (χ0n) is 15.2. The molecule has 0 heterocycles. The van der Waals surface area contributed by atoms with Gasteiger partial charge in [0.15, 0.2) is 0 Å². The molecule has 144 valence electrons. The predicted octanol–water partition coefficient (Wildman–Crippen LogP) is 1.26. The van der Waals surface area contributed by atoms with Gasteiger partial charge in [-0.25, -0.2) is 0 Å². The van der Waals surface area contributed by atoms with E-state index in [1.165, 1.54) is 0 Å². The molecule has 0 spiro atoms. The van der Waals surface area contributed by atoms with E-state index >= 15 is 0 Å². The van der Waals surface area contributed by atoms with Crippen LogP contribution >= 0.6 is 0 Å². The van der Waals surface area contributed by atoms with Crippen molar-refractivity contribution in [1.29, 1.82) is 0 Å². The highest BCUT2D eigenvalue weighted by Crippen LogP contribution is 2.26. The third-order valence-corrected chi connectivity index (χ3v) is 4.91. The van der Waals surface area contributed by atoms with Crippen molar-refractivity contribution in [3.63, 3.8) is 0 Å². The average Bonchev–Trinajstić information content (AvgIpc) is 3.10. The van der Waals surface area contributed by atoms with Crippen LogP contribution in [0.3, 0.4) is 0 Å². The average molecular weight is 363 g/mol. The first-order chi connectivity index (χ1) is 12.6. The second-order valence-electron chi connectivity index (χ2n) is 6.67. The fraction of sp³-hybridized carbons (Fsp3) is 0.579. The van der Waals surface area contributed by atoms with Gasteiger partial charge in [-0.3, -0.25) is 9.59 Å². The Morgan fingerprint density at radius 2 is 2.12 bits per heavy atom. The predicted molar refractivity (Wildman–Crippen MR) is 98.8 cm³/mol. The molecule has 0 unspecified atom stereocenters. The van der Waals surface area contributed by atoms with Crippen molar-refractivity contribution in [3.8, 4) is 5.75 Å². The lowest BCUT2D eigenvalue weighted by Gasteiger charge is -2.23. The maximum atomic E-state index is 12.7. The molecular formula is C19H29N3O4. The number of nitrogens with one attached hydrogen (secondary N) is 2. The van der Waals surface area contributed by atoms with Crippen LogP contribution in [0.1, 0.15) is 37.7 Å². The van der Waals surface area contributed by atoms with E-state index in [0.717, 1.165) is 17.7 Å². The number of para-hydroxylation sites is 1. The topological polar surface area (TPSA) is 114 Å².